The molecule has 0 radical (unpaired) electrons. The van der Waals surface area contributed by atoms with E-state index in [0.717, 1.165) is 31.4 Å². The van der Waals surface area contributed by atoms with E-state index < -0.39 is 17.5 Å². The standard InChI is InChI=1S/C24H26Cl2F3N7O2/c1-23(20(30)37)7-5-13(6-8-23)36-19-17(11-31-21(35-19)32-12-3-2-4-12)33-22(36)34-18-15(25)9-14(10-16(18)26)38-24(27,28)29/h9-13H,2-8H2,1H3,(H2,30,37)(H,33,34)(H,31,32,35). The Bertz CT molecular complexity index is 1350. The lowest BCUT2D eigenvalue weighted by atomic mass is 9.73. The lowest BCUT2D eigenvalue weighted by molar-refractivity contribution is -0.274. The number of primary amides is 1. The molecule has 9 nitrogen and oxygen atoms in total. The summed E-state index contributed by atoms with van der Waals surface area (Å²) < 4.78 is 43.9. The highest BCUT2D eigenvalue weighted by atomic mass is 35.5. The van der Waals surface area contributed by atoms with Gasteiger partial charge in [0.15, 0.2) is 5.65 Å². The first kappa shape index (κ1) is 26.6. The third-order valence-electron chi connectivity index (χ3n) is 7.38. The summed E-state index contributed by atoms with van der Waals surface area (Å²) in [5, 5.41) is 6.25. The van der Waals surface area contributed by atoms with E-state index in [4.69, 9.17) is 33.9 Å². The second-order valence-corrected chi connectivity index (χ2v) is 10.9. The van der Waals surface area contributed by atoms with Crippen LogP contribution in [0.15, 0.2) is 18.3 Å². The number of hydrogen-bond donors (Lipinski definition) is 3. The van der Waals surface area contributed by atoms with Gasteiger partial charge in [0, 0.05) is 29.6 Å². The van der Waals surface area contributed by atoms with E-state index >= 15 is 0 Å². The summed E-state index contributed by atoms with van der Waals surface area (Å²) in [6.45, 7) is 1.86. The Morgan fingerprint density at radius 2 is 1.82 bits per heavy atom. The number of carbonyl (C=O) groups excluding carboxylic acids is 1. The maximum atomic E-state index is 12.7. The number of carbonyl (C=O) groups is 1. The maximum absolute atomic E-state index is 12.7. The van der Waals surface area contributed by atoms with Crippen LogP contribution in [0.4, 0.5) is 30.8 Å². The molecule has 38 heavy (non-hydrogen) atoms. The zero-order valence-electron chi connectivity index (χ0n) is 20.4. The second-order valence-electron chi connectivity index (χ2n) is 10.1. The van der Waals surface area contributed by atoms with Gasteiger partial charge in [0.2, 0.25) is 17.8 Å². The number of rotatable bonds is 7. The smallest absolute Gasteiger partial charge is 0.406 e. The van der Waals surface area contributed by atoms with E-state index in [2.05, 4.69) is 25.3 Å². The number of amides is 1. The first-order chi connectivity index (χ1) is 17.9. The highest BCUT2D eigenvalue weighted by Crippen LogP contribution is 2.44. The van der Waals surface area contributed by atoms with E-state index in [1.54, 1.807) is 6.20 Å². The average Bonchev–Trinajstić information content (AvgIpc) is 3.15. The minimum absolute atomic E-state index is 0.0845. The molecule has 204 valence electrons. The van der Waals surface area contributed by atoms with Gasteiger partial charge >= 0.3 is 6.36 Å². The van der Waals surface area contributed by atoms with Crippen LogP contribution in [0.1, 0.15) is 57.9 Å². The van der Waals surface area contributed by atoms with Crippen LogP contribution < -0.4 is 21.1 Å². The largest absolute Gasteiger partial charge is 0.573 e. The van der Waals surface area contributed by atoms with Crippen molar-refractivity contribution in [3.05, 3.63) is 28.4 Å². The fraction of sp³-hybridized carbons (Fsp3) is 0.500. The summed E-state index contributed by atoms with van der Waals surface area (Å²) in [4.78, 5) is 25.8. The number of anilines is 3. The minimum atomic E-state index is -4.89. The molecular formula is C24H26Cl2F3N7O2. The van der Waals surface area contributed by atoms with Gasteiger partial charge < -0.3 is 21.1 Å². The molecule has 0 spiro atoms. The number of nitrogens with two attached hydrogens (primary N) is 1. The van der Waals surface area contributed by atoms with Crippen molar-refractivity contribution in [1.82, 2.24) is 19.5 Å². The Kier molecular flexibility index (Phi) is 6.97. The predicted octanol–water partition coefficient (Wildman–Crippen LogP) is 6.35. The number of imidazole rings is 1. The van der Waals surface area contributed by atoms with Crippen molar-refractivity contribution >= 4 is 57.9 Å². The molecule has 2 saturated carbocycles. The van der Waals surface area contributed by atoms with Gasteiger partial charge in [-0.15, -0.1) is 13.2 Å². The van der Waals surface area contributed by atoms with Crippen LogP contribution in [0.3, 0.4) is 0 Å². The van der Waals surface area contributed by atoms with Gasteiger partial charge in [0.05, 0.1) is 21.9 Å². The third-order valence-corrected chi connectivity index (χ3v) is 7.97. The fourth-order valence-corrected chi connectivity index (χ4v) is 5.41. The lowest BCUT2D eigenvalue weighted by Crippen LogP contribution is -2.38. The van der Waals surface area contributed by atoms with Crippen LogP contribution in [0.5, 0.6) is 5.75 Å². The fourth-order valence-electron chi connectivity index (χ4n) is 4.85. The molecule has 2 aromatic heterocycles. The van der Waals surface area contributed by atoms with Crippen LogP contribution in [-0.2, 0) is 4.79 Å². The Morgan fingerprint density at radius 3 is 2.37 bits per heavy atom. The van der Waals surface area contributed by atoms with E-state index in [1.165, 1.54) is 0 Å². The van der Waals surface area contributed by atoms with Crippen molar-refractivity contribution in [2.24, 2.45) is 11.1 Å². The quantitative estimate of drug-likeness (QED) is 0.302. The Hall–Kier alpha value is -2.99. The van der Waals surface area contributed by atoms with Crippen molar-refractivity contribution in [1.29, 1.82) is 0 Å². The van der Waals surface area contributed by atoms with Crippen LogP contribution in [0, 0.1) is 5.41 Å². The van der Waals surface area contributed by atoms with Crippen molar-refractivity contribution in [2.45, 2.75) is 70.3 Å². The molecule has 1 aromatic carbocycles. The van der Waals surface area contributed by atoms with Crippen LogP contribution >= 0.6 is 23.2 Å². The van der Waals surface area contributed by atoms with E-state index in [0.29, 0.717) is 54.8 Å². The summed E-state index contributed by atoms with van der Waals surface area (Å²) in [7, 11) is 0. The number of fused-ring (bicyclic) bond motifs is 1. The number of nitrogens with zero attached hydrogens (tertiary/aromatic N) is 4. The number of halogens is 5. The summed E-state index contributed by atoms with van der Waals surface area (Å²) in [6, 6.07) is 2.28. The summed E-state index contributed by atoms with van der Waals surface area (Å²) in [6.07, 6.45) is 2.40. The van der Waals surface area contributed by atoms with Gasteiger partial charge in [-0.25, -0.2) is 9.97 Å². The molecule has 4 N–H and O–H groups in total. The molecule has 0 saturated heterocycles. The molecule has 1 amide bonds. The second kappa shape index (κ2) is 9.96. The third kappa shape index (κ3) is 5.42. The summed E-state index contributed by atoms with van der Waals surface area (Å²) >= 11 is 12.6. The zero-order valence-corrected chi connectivity index (χ0v) is 21.9. The topological polar surface area (TPSA) is 120 Å². The number of ether oxygens (including phenoxy) is 1. The van der Waals surface area contributed by atoms with E-state index in [-0.39, 0.29) is 27.7 Å². The lowest BCUT2D eigenvalue weighted by Gasteiger charge is -2.35. The highest BCUT2D eigenvalue weighted by molar-refractivity contribution is 6.39. The van der Waals surface area contributed by atoms with E-state index in [9.17, 15) is 18.0 Å². The van der Waals surface area contributed by atoms with E-state index in [1.807, 2.05) is 11.5 Å². The molecule has 0 aliphatic heterocycles. The molecule has 0 bridgehead atoms. The molecule has 0 atom stereocenters. The summed E-state index contributed by atoms with van der Waals surface area (Å²) in [5.74, 6) is -0.0468. The van der Waals surface area contributed by atoms with Crippen molar-refractivity contribution < 1.29 is 22.7 Å². The predicted molar refractivity (Wildman–Crippen MR) is 138 cm³/mol. The number of benzene rings is 1. The number of nitrogens with one attached hydrogen (secondary N) is 2. The SMILES string of the molecule is CC1(C(N)=O)CCC(n2c(Nc3c(Cl)cc(OC(F)(F)F)cc3Cl)nc3cnc(NC4CCC4)nc32)CC1. The summed E-state index contributed by atoms with van der Waals surface area (Å²) in [5.41, 5.74) is 6.29. The first-order valence-corrected chi connectivity index (χ1v) is 13.0. The number of alkyl halides is 3. The normalized spacial score (nSPS) is 22.2. The molecule has 0 unspecified atom stereocenters. The van der Waals surface area contributed by atoms with Gasteiger partial charge in [-0.3, -0.25) is 9.36 Å². The molecular weight excluding hydrogens is 546 g/mol. The molecule has 5 rings (SSSR count). The molecule has 2 fully saturated rings. The molecule has 3 aromatic rings. The monoisotopic (exact) mass is 571 g/mol. The molecule has 2 heterocycles. The zero-order chi connectivity index (χ0) is 27.2. The van der Waals surface area contributed by atoms with Gasteiger partial charge in [-0.2, -0.15) is 4.98 Å². The average molecular weight is 572 g/mol. The highest BCUT2D eigenvalue weighted by Gasteiger charge is 2.38. The van der Waals surface area contributed by atoms with Gasteiger partial charge in [-0.1, -0.05) is 30.1 Å². The van der Waals surface area contributed by atoms with Crippen molar-refractivity contribution in [3.63, 3.8) is 0 Å². The molecule has 2 aliphatic carbocycles. The molecule has 2 aliphatic rings. The van der Waals surface area contributed by atoms with Gasteiger partial charge in [0.25, 0.3) is 0 Å². The Morgan fingerprint density at radius 1 is 1.16 bits per heavy atom. The Labute approximate surface area is 226 Å². The Balaban J connectivity index is 1.52. The van der Waals surface area contributed by atoms with Gasteiger partial charge in [-0.05, 0) is 44.9 Å². The van der Waals surface area contributed by atoms with Crippen LogP contribution in [0.2, 0.25) is 10.0 Å². The van der Waals surface area contributed by atoms with Gasteiger partial charge in [0.1, 0.15) is 11.3 Å². The number of aromatic nitrogens is 4. The minimum Gasteiger partial charge on any atom is -0.406 e. The van der Waals surface area contributed by atoms with Crippen molar-refractivity contribution in [3.8, 4) is 5.75 Å². The molecule has 14 heteroatoms. The maximum Gasteiger partial charge on any atom is 0.573 e. The van der Waals surface area contributed by atoms with Crippen LogP contribution in [-0.4, -0.2) is 37.8 Å². The van der Waals surface area contributed by atoms with Crippen molar-refractivity contribution in [2.75, 3.05) is 10.6 Å². The van der Waals surface area contributed by atoms with Crippen LogP contribution in [0.25, 0.3) is 11.2 Å². The first-order valence-electron chi connectivity index (χ1n) is 12.2. The number of hydrogen-bond acceptors (Lipinski definition) is 7.